The molecule has 2 N–H and O–H groups in total. The number of amides is 1. The van der Waals surface area contributed by atoms with Gasteiger partial charge in [-0.25, -0.2) is 0 Å². The topological polar surface area (TPSA) is 66.5 Å². The Bertz CT molecular complexity index is 944. The van der Waals surface area contributed by atoms with Crippen LogP contribution in [-0.4, -0.2) is 24.2 Å². The highest BCUT2D eigenvalue weighted by molar-refractivity contribution is 6.01. The summed E-state index contributed by atoms with van der Waals surface area (Å²) in [5.74, 6) is 0.363. The number of benzene rings is 2. The molecule has 130 valence electrons. The van der Waals surface area contributed by atoms with Crippen molar-refractivity contribution in [2.45, 2.75) is 12.5 Å². The van der Waals surface area contributed by atoms with Crippen molar-refractivity contribution >= 4 is 17.8 Å². The molecule has 1 aliphatic rings. The van der Waals surface area contributed by atoms with Crippen molar-refractivity contribution in [2.24, 2.45) is 4.99 Å². The van der Waals surface area contributed by atoms with Crippen LogP contribution >= 0.6 is 0 Å². The second-order valence-electron chi connectivity index (χ2n) is 6.17. The molecular formula is C21H19N3O2. The zero-order valence-corrected chi connectivity index (χ0v) is 14.4. The fourth-order valence-electron chi connectivity index (χ4n) is 3.15. The molecule has 3 aromatic rings. The van der Waals surface area contributed by atoms with Gasteiger partial charge in [-0.15, -0.1) is 0 Å². The lowest BCUT2D eigenvalue weighted by Crippen LogP contribution is -2.35. The minimum Gasteiger partial charge on any atom is -0.497 e. The Morgan fingerprint density at radius 1 is 1.15 bits per heavy atom. The molecule has 0 bridgehead atoms. The number of carbonyl (C=O) groups is 1. The Morgan fingerprint density at radius 2 is 2.00 bits per heavy atom. The largest absolute Gasteiger partial charge is 0.497 e. The van der Waals surface area contributed by atoms with E-state index in [0.29, 0.717) is 6.54 Å². The van der Waals surface area contributed by atoms with Crippen molar-refractivity contribution in [3.8, 4) is 17.0 Å². The van der Waals surface area contributed by atoms with Crippen LogP contribution in [0.25, 0.3) is 11.3 Å². The van der Waals surface area contributed by atoms with E-state index < -0.39 is 5.92 Å². The van der Waals surface area contributed by atoms with Crippen LogP contribution in [0.15, 0.2) is 65.8 Å². The zero-order chi connectivity index (χ0) is 17.9. The lowest BCUT2D eigenvalue weighted by molar-refractivity contribution is -0.121. The average Bonchev–Trinajstić information content (AvgIpc) is 3.22. The van der Waals surface area contributed by atoms with Crippen LogP contribution in [0.2, 0.25) is 0 Å². The van der Waals surface area contributed by atoms with Gasteiger partial charge in [-0.3, -0.25) is 9.79 Å². The summed E-state index contributed by atoms with van der Waals surface area (Å²) in [5.41, 5.74) is 5.07. The lowest BCUT2D eigenvalue weighted by atomic mass is 9.89. The lowest BCUT2D eigenvalue weighted by Gasteiger charge is -2.23. The molecule has 0 radical (unpaired) electrons. The number of fused-ring (bicyclic) bond motifs is 1. The van der Waals surface area contributed by atoms with Crippen LogP contribution in [0.1, 0.15) is 17.0 Å². The summed E-state index contributed by atoms with van der Waals surface area (Å²) in [4.78, 5) is 20.1. The van der Waals surface area contributed by atoms with E-state index in [1.54, 1.807) is 13.3 Å². The van der Waals surface area contributed by atoms with Gasteiger partial charge in [-0.05, 0) is 59.2 Å². The summed E-state index contributed by atoms with van der Waals surface area (Å²) in [6.07, 6.45) is 3.62. The van der Waals surface area contributed by atoms with Gasteiger partial charge in [0, 0.05) is 24.7 Å². The number of hydrogen-bond acceptors (Lipinski definition) is 3. The standard InChI is InChI=1S/C21H19N3O2/c1-26-17-7-5-16(6-8-17)23-13-19-18-9-4-14(20-3-2-10-22-20)11-15(18)12-24-21(19)25/h2-11,13,19,22H,12H2,1H3,(H,24,25). The van der Waals surface area contributed by atoms with E-state index in [1.807, 2.05) is 54.7 Å². The minimum atomic E-state index is -0.390. The van der Waals surface area contributed by atoms with Gasteiger partial charge in [0.1, 0.15) is 5.75 Å². The Balaban J connectivity index is 1.62. The second kappa shape index (κ2) is 6.88. The summed E-state index contributed by atoms with van der Waals surface area (Å²) in [6.45, 7) is 0.537. The highest BCUT2D eigenvalue weighted by Gasteiger charge is 2.26. The van der Waals surface area contributed by atoms with E-state index in [0.717, 1.165) is 33.8 Å². The Labute approximate surface area is 151 Å². The summed E-state index contributed by atoms with van der Waals surface area (Å²) in [7, 11) is 1.63. The number of aromatic amines is 1. The van der Waals surface area contributed by atoms with Gasteiger partial charge >= 0.3 is 0 Å². The molecule has 1 amide bonds. The van der Waals surface area contributed by atoms with E-state index in [9.17, 15) is 4.79 Å². The molecule has 5 nitrogen and oxygen atoms in total. The highest BCUT2D eigenvalue weighted by Crippen LogP contribution is 2.29. The van der Waals surface area contributed by atoms with E-state index in [4.69, 9.17) is 4.74 Å². The molecule has 4 rings (SSSR count). The SMILES string of the molecule is COc1ccc(N=CC2C(=O)NCc3cc(-c4ccc[nH]4)ccc32)cc1. The van der Waals surface area contributed by atoms with Crippen molar-refractivity contribution in [1.29, 1.82) is 0 Å². The highest BCUT2D eigenvalue weighted by atomic mass is 16.5. The molecule has 26 heavy (non-hydrogen) atoms. The van der Waals surface area contributed by atoms with E-state index in [-0.39, 0.29) is 5.91 Å². The number of nitrogens with one attached hydrogen (secondary N) is 2. The van der Waals surface area contributed by atoms with E-state index >= 15 is 0 Å². The van der Waals surface area contributed by atoms with Crippen molar-refractivity contribution in [2.75, 3.05) is 7.11 Å². The van der Waals surface area contributed by atoms with Crippen LogP contribution in [0, 0.1) is 0 Å². The number of rotatable bonds is 4. The van der Waals surface area contributed by atoms with Gasteiger partial charge in [-0.1, -0.05) is 12.1 Å². The first kappa shape index (κ1) is 16.1. The van der Waals surface area contributed by atoms with Crippen molar-refractivity contribution in [1.82, 2.24) is 10.3 Å². The molecule has 0 spiro atoms. The third kappa shape index (κ3) is 3.11. The molecule has 1 aromatic heterocycles. The number of methoxy groups -OCH3 is 1. The van der Waals surface area contributed by atoms with Crippen LogP contribution in [0.5, 0.6) is 5.75 Å². The van der Waals surface area contributed by atoms with Gasteiger partial charge in [0.05, 0.1) is 18.7 Å². The van der Waals surface area contributed by atoms with Crippen LogP contribution in [-0.2, 0) is 11.3 Å². The first-order valence-corrected chi connectivity index (χ1v) is 8.47. The quantitative estimate of drug-likeness (QED) is 0.706. The molecule has 0 aliphatic carbocycles. The Hall–Kier alpha value is -3.34. The fourth-order valence-corrected chi connectivity index (χ4v) is 3.15. The molecule has 5 heteroatoms. The minimum absolute atomic E-state index is 0.0256. The van der Waals surface area contributed by atoms with Crippen molar-refractivity contribution in [3.05, 3.63) is 71.9 Å². The average molecular weight is 345 g/mol. The summed E-state index contributed by atoms with van der Waals surface area (Å²) >= 11 is 0. The van der Waals surface area contributed by atoms with Gasteiger partial charge < -0.3 is 15.0 Å². The number of carbonyl (C=O) groups excluding carboxylic acids is 1. The molecule has 2 heterocycles. The van der Waals surface area contributed by atoms with Crippen LogP contribution in [0.4, 0.5) is 5.69 Å². The van der Waals surface area contributed by atoms with Crippen molar-refractivity contribution < 1.29 is 9.53 Å². The predicted octanol–water partition coefficient (Wildman–Crippen LogP) is 3.81. The van der Waals surface area contributed by atoms with E-state index in [2.05, 4.69) is 21.4 Å². The summed E-state index contributed by atoms with van der Waals surface area (Å²) < 4.78 is 5.15. The number of nitrogens with zero attached hydrogens (tertiary/aromatic N) is 1. The molecule has 0 saturated heterocycles. The molecule has 2 aromatic carbocycles. The zero-order valence-electron chi connectivity index (χ0n) is 14.4. The second-order valence-corrected chi connectivity index (χ2v) is 6.17. The number of ether oxygens (including phenoxy) is 1. The maximum atomic E-state index is 12.4. The van der Waals surface area contributed by atoms with Crippen LogP contribution < -0.4 is 10.1 Å². The first-order chi connectivity index (χ1) is 12.7. The maximum absolute atomic E-state index is 12.4. The number of aliphatic imine (C=N–C) groups is 1. The summed E-state index contributed by atoms with van der Waals surface area (Å²) in [6, 6.07) is 17.6. The fraction of sp³-hybridized carbons (Fsp3) is 0.143. The maximum Gasteiger partial charge on any atom is 0.233 e. The Kier molecular flexibility index (Phi) is 4.27. The number of hydrogen-bond donors (Lipinski definition) is 2. The smallest absolute Gasteiger partial charge is 0.233 e. The number of H-pyrrole nitrogens is 1. The number of aromatic nitrogens is 1. The van der Waals surface area contributed by atoms with E-state index in [1.165, 1.54) is 0 Å². The molecular weight excluding hydrogens is 326 g/mol. The molecule has 1 aliphatic heterocycles. The Morgan fingerprint density at radius 3 is 2.73 bits per heavy atom. The summed E-state index contributed by atoms with van der Waals surface area (Å²) in [5, 5.41) is 2.95. The normalized spacial score (nSPS) is 16.3. The van der Waals surface area contributed by atoms with Gasteiger partial charge in [0.25, 0.3) is 0 Å². The molecule has 0 fully saturated rings. The predicted molar refractivity (Wildman–Crippen MR) is 102 cm³/mol. The molecule has 1 unspecified atom stereocenters. The van der Waals surface area contributed by atoms with Gasteiger partial charge in [-0.2, -0.15) is 0 Å². The van der Waals surface area contributed by atoms with Gasteiger partial charge in [0.2, 0.25) is 5.91 Å². The third-order valence-corrected chi connectivity index (χ3v) is 4.57. The third-order valence-electron chi connectivity index (χ3n) is 4.57. The first-order valence-electron chi connectivity index (χ1n) is 8.47. The van der Waals surface area contributed by atoms with Crippen LogP contribution in [0.3, 0.4) is 0 Å². The van der Waals surface area contributed by atoms with Gasteiger partial charge in [0.15, 0.2) is 0 Å². The molecule has 0 saturated carbocycles. The van der Waals surface area contributed by atoms with Crippen molar-refractivity contribution in [3.63, 3.8) is 0 Å². The monoisotopic (exact) mass is 345 g/mol. The molecule has 1 atom stereocenters.